The van der Waals surface area contributed by atoms with E-state index in [0.29, 0.717) is 18.8 Å². The summed E-state index contributed by atoms with van der Waals surface area (Å²) in [6.45, 7) is 4.75. The zero-order valence-electron chi connectivity index (χ0n) is 21.3. The monoisotopic (exact) mass is 455 g/mol. The summed E-state index contributed by atoms with van der Waals surface area (Å²) in [6, 6.07) is 7.64. The Bertz CT molecular complexity index is 807. The van der Waals surface area contributed by atoms with Crippen LogP contribution >= 0.6 is 0 Å². The van der Waals surface area contributed by atoms with Gasteiger partial charge in [-0.25, -0.2) is 4.99 Å². The van der Waals surface area contributed by atoms with Gasteiger partial charge < -0.3 is 20.1 Å². The Morgan fingerprint density at radius 2 is 1.85 bits per heavy atom. The zero-order chi connectivity index (χ0) is 23.4. The third-order valence-electron chi connectivity index (χ3n) is 8.59. The molecule has 0 aliphatic heterocycles. The first kappa shape index (κ1) is 24.5. The van der Waals surface area contributed by atoms with Crippen molar-refractivity contribution in [2.45, 2.75) is 103 Å². The van der Waals surface area contributed by atoms with Gasteiger partial charge in [-0.05, 0) is 75.0 Å². The second-order valence-corrected chi connectivity index (χ2v) is 11.1. The Morgan fingerprint density at radius 3 is 2.48 bits per heavy atom. The molecule has 0 radical (unpaired) electrons. The number of ether oxygens (including phenoxy) is 2. The maximum atomic E-state index is 6.64. The van der Waals surface area contributed by atoms with Gasteiger partial charge >= 0.3 is 0 Å². The van der Waals surface area contributed by atoms with Gasteiger partial charge in [-0.3, -0.25) is 0 Å². The largest absolute Gasteiger partial charge is 0.381 e. The van der Waals surface area contributed by atoms with Gasteiger partial charge in [-0.1, -0.05) is 50.3 Å². The van der Waals surface area contributed by atoms with Gasteiger partial charge in [0.25, 0.3) is 0 Å². The molecule has 1 spiro atoms. The Balaban J connectivity index is 1.65. The molecule has 0 saturated heterocycles. The smallest absolute Gasteiger partial charge is 0.193 e. The highest BCUT2D eigenvalue weighted by molar-refractivity contribution is 5.78. The summed E-state index contributed by atoms with van der Waals surface area (Å²) in [6.07, 6.45) is 14.2. The average Bonchev–Trinajstić information content (AvgIpc) is 3.10. The number of aliphatic imine (C=N–C) groups is 1. The Labute approximate surface area is 201 Å². The van der Waals surface area contributed by atoms with Crippen molar-refractivity contribution in [2.24, 2.45) is 22.1 Å². The third-order valence-corrected chi connectivity index (χ3v) is 8.59. The summed E-state index contributed by atoms with van der Waals surface area (Å²) in [7, 11) is 3.57. The van der Waals surface area contributed by atoms with E-state index in [1.807, 2.05) is 7.11 Å². The van der Waals surface area contributed by atoms with Gasteiger partial charge in [-0.15, -0.1) is 0 Å². The molecule has 1 unspecified atom stereocenters. The van der Waals surface area contributed by atoms with Gasteiger partial charge in [0.1, 0.15) is 6.73 Å². The summed E-state index contributed by atoms with van der Waals surface area (Å²) in [5.74, 6) is 1.45. The number of nitrogens with two attached hydrogens (primary N) is 1. The molecule has 3 aliphatic rings. The molecular weight excluding hydrogens is 410 g/mol. The molecule has 0 heterocycles. The predicted molar refractivity (Wildman–Crippen MR) is 135 cm³/mol. The summed E-state index contributed by atoms with van der Waals surface area (Å²) in [5, 5.41) is 0. The van der Waals surface area contributed by atoms with Crippen LogP contribution < -0.4 is 5.73 Å². The van der Waals surface area contributed by atoms with Crippen LogP contribution in [0, 0.1) is 11.3 Å². The number of hydrogen-bond acceptors (Lipinski definition) is 3. The number of methoxy groups -OCH3 is 2. The molecule has 5 heteroatoms. The van der Waals surface area contributed by atoms with Gasteiger partial charge in [0.05, 0.1) is 12.1 Å². The lowest BCUT2D eigenvalue weighted by Gasteiger charge is -2.40. The van der Waals surface area contributed by atoms with Crippen molar-refractivity contribution in [1.29, 1.82) is 0 Å². The van der Waals surface area contributed by atoms with Crippen LogP contribution in [0.15, 0.2) is 23.2 Å². The lowest BCUT2D eigenvalue weighted by atomic mass is 9.68. The Kier molecular flexibility index (Phi) is 8.01. The molecule has 4 rings (SSSR count). The van der Waals surface area contributed by atoms with Crippen molar-refractivity contribution >= 4 is 5.96 Å². The highest BCUT2D eigenvalue weighted by Crippen LogP contribution is 2.56. The number of hydrogen-bond donors (Lipinski definition) is 1. The van der Waals surface area contributed by atoms with E-state index < -0.39 is 0 Å². The van der Waals surface area contributed by atoms with Crippen LogP contribution in [0.4, 0.5) is 0 Å². The number of rotatable bonds is 7. The molecule has 0 aromatic heterocycles. The van der Waals surface area contributed by atoms with Gasteiger partial charge in [0.15, 0.2) is 5.96 Å². The fourth-order valence-electron chi connectivity index (χ4n) is 6.60. The predicted octanol–water partition coefficient (Wildman–Crippen LogP) is 5.61. The minimum atomic E-state index is 0.120. The van der Waals surface area contributed by atoms with Crippen LogP contribution in [-0.4, -0.2) is 44.0 Å². The van der Waals surface area contributed by atoms with E-state index in [1.165, 1.54) is 55.2 Å². The molecule has 0 bridgehead atoms. The van der Waals surface area contributed by atoms with Crippen molar-refractivity contribution < 1.29 is 9.47 Å². The van der Waals surface area contributed by atoms with Crippen molar-refractivity contribution in [2.75, 3.05) is 21.0 Å². The molecule has 5 nitrogen and oxygen atoms in total. The third kappa shape index (κ3) is 5.40. The van der Waals surface area contributed by atoms with Crippen LogP contribution in [0.1, 0.15) is 94.4 Å². The average molecular weight is 456 g/mol. The van der Waals surface area contributed by atoms with E-state index in [1.54, 1.807) is 7.11 Å². The molecule has 1 aromatic rings. The minimum absolute atomic E-state index is 0.120. The van der Waals surface area contributed by atoms with Gasteiger partial charge in [-0.2, -0.15) is 0 Å². The molecule has 2 N–H and O–H groups in total. The first-order valence-electron chi connectivity index (χ1n) is 13.2. The SMILES string of the molecule is COCN(/C(N)=N\C1c2cc(CC3CCCCC3)ccc2C[C@]12CC[C@@H](OC)CC2)C(C)C. The summed E-state index contributed by atoms with van der Waals surface area (Å²) in [4.78, 5) is 7.34. The van der Waals surface area contributed by atoms with E-state index in [2.05, 4.69) is 36.9 Å². The summed E-state index contributed by atoms with van der Waals surface area (Å²) < 4.78 is 11.1. The van der Waals surface area contributed by atoms with Crippen LogP contribution in [0.2, 0.25) is 0 Å². The maximum Gasteiger partial charge on any atom is 0.193 e. The molecule has 2 fully saturated rings. The molecule has 1 aromatic carbocycles. The van der Waals surface area contributed by atoms with Gasteiger partial charge in [0, 0.05) is 25.7 Å². The molecule has 3 aliphatic carbocycles. The molecule has 33 heavy (non-hydrogen) atoms. The van der Waals surface area contributed by atoms with Crippen molar-refractivity contribution in [3.8, 4) is 0 Å². The lowest BCUT2D eigenvalue weighted by molar-refractivity contribution is 0.0206. The number of guanidine groups is 1. The van der Waals surface area contributed by atoms with Crippen LogP contribution in [-0.2, 0) is 22.3 Å². The lowest BCUT2D eigenvalue weighted by Crippen LogP contribution is -2.44. The van der Waals surface area contributed by atoms with Crippen LogP contribution in [0.5, 0.6) is 0 Å². The normalized spacial score (nSPS) is 28.5. The number of benzene rings is 1. The maximum absolute atomic E-state index is 6.64. The molecule has 0 amide bonds. The Hall–Kier alpha value is -1.59. The number of nitrogens with zero attached hydrogens (tertiary/aromatic N) is 2. The molecule has 2 saturated carbocycles. The second kappa shape index (κ2) is 10.8. The molecule has 184 valence electrons. The first-order valence-corrected chi connectivity index (χ1v) is 13.2. The fourth-order valence-corrected chi connectivity index (χ4v) is 6.60. The molecular formula is C28H45N3O2. The van der Waals surface area contributed by atoms with E-state index >= 15 is 0 Å². The van der Waals surface area contributed by atoms with Crippen molar-refractivity contribution in [1.82, 2.24) is 4.90 Å². The highest BCUT2D eigenvalue weighted by Gasteiger charge is 2.48. The summed E-state index contributed by atoms with van der Waals surface area (Å²) in [5.41, 5.74) is 11.2. The van der Waals surface area contributed by atoms with Gasteiger partial charge in [0.2, 0.25) is 0 Å². The van der Waals surface area contributed by atoms with E-state index in [4.69, 9.17) is 20.2 Å². The molecule has 1 atom stereocenters. The number of fused-ring (bicyclic) bond motifs is 1. The van der Waals surface area contributed by atoms with E-state index in [-0.39, 0.29) is 17.5 Å². The van der Waals surface area contributed by atoms with Crippen LogP contribution in [0.3, 0.4) is 0 Å². The van der Waals surface area contributed by atoms with Crippen LogP contribution in [0.25, 0.3) is 0 Å². The van der Waals surface area contributed by atoms with Crippen molar-refractivity contribution in [3.05, 3.63) is 34.9 Å². The quantitative estimate of drug-likeness (QED) is 0.330. The topological polar surface area (TPSA) is 60.1 Å². The van der Waals surface area contributed by atoms with E-state index in [9.17, 15) is 0 Å². The standard InChI is InChI=1S/C28H45N3O2/c1-20(2)31(19-32-3)27(29)30-26-25-17-22(16-21-8-6-5-7-9-21)10-11-23(25)18-28(26)14-12-24(33-4)13-15-28/h10-11,17,20-21,24,26H,5-9,12-16,18-19H2,1-4H3,(H2,29,30)/t24-,26?,28-. The van der Waals surface area contributed by atoms with E-state index in [0.717, 1.165) is 38.0 Å². The first-order chi connectivity index (χ1) is 16.0. The fraction of sp³-hybridized carbons (Fsp3) is 0.750. The van der Waals surface area contributed by atoms with Crippen molar-refractivity contribution in [3.63, 3.8) is 0 Å². The zero-order valence-corrected chi connectivity index (χ0v) is 21.3. The summed E-state index contributed by atoms with van der Waals surface area (Å²) >= 11 is 0. The highest BCUT2D eigenvalue weighted by atomic mass is 16.5. The minimum Gasteiger partial charge on any atom is -0.381 e. The second-order valence-electron chi connectivity index (χ2n) is 11.1. The Morgan fingerprint density at radius 1 is 1.12 bits per heavy atom.